The topological polar surface area (TPSA) is 101 Å². The highest BCUT2D eigenvalue weighted by Crippen LogP contribution is 2.29. The Hall–Kier alpha value is -2.65. The second kappa shape index (κ2) is 5.18. The molecule has 24 heavy (non-hydrogen) atoms. The number of anilines is 1. The van der Waals surface area contributed by atoms with Crippen LogP contribution in [0.4, 0.5) is 10.1 Å². The Balaban J connectivity index is 1.82. The minimum Gasteiger partial charge on any atom is -0.360 e. The number of benzene rings is 2. The molecule has 0 aliphatic rings. The van der Waals surface area contributed by atoms with Crippen LogP contribution in [0, 0.1) is 5.82 Å². The molecule has 4 rings (SSSR count). The van der Waals surface area contributed by atoms with Gasteiger partial charge in [-0.05, 0) is 40.6 Å². The van der Waals surface area contributed by atoms with Gasteiger partial charge in [0.15, 0.2) is 16.9 Å². The SMILES string of the molecule is O=S(=O)(Nc1ccc(F)c2nonc12)c1c[nH]c2cc(Cl)ccc12. The van der Waals surface area contributed by atoms with Gasteiger partial charge in [-0.1, -0.05) is 11.6 Å². The summed E-state index contributed by atoms with van der Waals surface area (Å²) in [4.78, 5) is 2.88. The van der Waals surface area contributed by atoms with Gasteiger partial charge >= 0.3 is 0 Å². The number of sulfonamides is 1. The summed E-state index contributed by atoms with van der Waals surface area (Å²) in [6, 6.07) is 7.15. The summed E-state index contributed by atoms with van der Waals surface area (Å²) in [5, 5.41) is 7.91. The first-order chi connectivity index (χ1) is 11.5. The lowest BCUT2D eigenvalue weighted by Gasteiger charge is -2.07. The first kappa shape index (κ1) is 14.9. The minimum absolute atomic E-state index is 0.0125. The number of nitrogens with zero attached hydrogens (tertiary/aromatic N) is 2. The molecule has 0 radical (unpaired) electrons. The number of rotatable bonds is 3. The molecule has 0 saturated heterocycles. The molecule has 0 bridgehead atoms. The average molecular weight is 367 g/mol. The summed E-state index contributed by atoms with van der Waals surface area (Å²) in [5.41, 5.74) is 0.480. The summed E-state index contributed by atoms with van der Waals surface area (Å²) in [6.07, 6.45) is 1.35. The molecule has 0 aliphatic carbocycles. The Morgan fingerprint density at radius 3 is 2.79 bits per heavy atom. The highest BCUT2D eigenvalue weighted by Gasteiger charge is 2.22. The fourth-order valence-electron chi connectivity index (χ4n) is 2.41. The van der Waals surface area contributed by atoms with E-state index in [1.807, 2.05) is 0 Å². The molecule has 4 aromatic rings. The molecule has 0 saturated carbocycles. The van der Waals surface area contributed by atoms with E-state index >= 15 is 0 Å². The molecule has 2 N–H and O–H groups in total. The maximum Gasteiger partial charge on any atom is 0.264 e. The molecule has 0 spiro atoms. The van der Waals surface area contributed by atoms with Crippen LogP contribution >= 0.6 is 11.6 Å². The van der Waals surface area contributed by atoms with Crippen LogP contribution in [-0.4, -0.2) is 23.7 Å². The number of hydrogen-bond donors (Lipinski definition) is 2. The zero-order valence-corrected chi connectivity index (χ0v) is 13.3. The third kappa shape index (κ3) is 2.29. The van der Waals surface area contributed by atoms with Gasteiger partial charge in [-0.25, -0.2) is 17.4 Å². The number of fused-ring (bicyclic) bond motifs is 2. The number of hydrogen-bond acceptors (Lipinski definition) is 5. The highest BCUT2D eigenvalue weighted by molar-refractivity contribution is 7.93. The molecule has 2 aromatic carbocycles. The molecule has 10 heteroatoms. The quantitative estimate of drug-likeness (QED) is 0.579. The lowest BCUT2D eigenvalue weighted by molar-refractivity contribution is 0.314. The van der Waals surface area contributed by atoms with Crippen molar-refractivity contribution in [3.05, 3.63) is 47.4 Å². The first-order valence-electron chi connectivity index (χ1n) is 6.66. The van der Waals surface area contributed by atoms with E-state index in [9.17, 15) is 12.8 Å². The van der Waals surface area contributed by atoms with E-state index < -0.39 is 15.8 Å². The monoisotopic (exact) mass is 366 g/mol. The molecule has 2 aromatic heterocycles. The van der Waals surface area contributed by atoms with E-state index in [4.69, 9.17) is 11.6 Å². The van der Waals surface area contributed by atoms with Crippen LogP contribution in [-0.2, 0) is 10.0 Å². The van der Waals surface area contributed by atoms with E-state index in [2.05, 4.69) is 24.6 Å². The number of H-pyrrole nitrogens is 1. The zero-order valence-electron chi connectivity index (χ0n) is 11.7. The minimum atomic E-state index is -3.95. The summed E-state index contributed by atoms with van der Waals surface area (Å²) in [7, 11) is -3.95. The van der Waals surface area contributed by atoms with Crippen molar-refractivity contribution >= 4 is 49.2 Å². The summed E-state index contributed by atoms with van der Waals surface area (Å²) >= 11 is 5.89. The van der Waals surface area contributed by atoms with Crippen LogP contribution in [0.2, 0.25) is 5.02 Å². The molecule has 7 nitrogen and oxygen atoms in total. The molecule has 122 valence electrons. The second-order valence-corrected chi connectivity index (χ2v) is 7.09. The van der Waals surface area contributed by atoms with Crippen LogP contribution in [0.15, 0.2) is 46.1 Å². The van der Waals surface area contributed by atoms with Gasteiger partial charge in [0, 0.05) is 22.1 Å². The molecule has 0 amide bonds. The molecule has 0 unspecified atom stereocenters. The molecular weight excluding hydrogens is 359 g/mol. The smallest absolute Gasteiger partial charge is 0.264 e. The van der Waals surface area contributed by atoms with Gasteiger partial charge in [0.2, 0.25) is 0 Å². The predicted octanol–water partition coefficient (Wildman–Crippen LogP) is 3.30. The largest absolute Gasteiger partial charge is 0.360 e. The van der Waals surface area contributed by atoms with Crippen LogP contribution in [0.3, 0.4) is 0 Å². The lowest BCUT2D eigenvalue weighted by atomic mass is 10.2. The molecule has 0 aliphatic heterocycles. The fourth-order valence-corrected chi connectivity index (χ4v) is 3.83. The molecule has 2 heterocycles. The number of aromatic nitrogens is 3. The van der Waals surface area contributed by atoms with Crippen molar-refractivity contribution in [2.45, 2.75) is 4.90 Å². The third-order valence-electron chi connectivity index (χ3n) is 3.51. The summed E-state index contributed by atoms with van der Waals surface area (Å²) in [5.74, 6) is -0.657. The fraction of sp³-hybridized carbons (Fsp3) is 0. The van der Waals surface area contributed by atoms with E-state index in [0.29, 0.717) is 15.9 Å². The van der Waals surface area contributed by atoms with E-state index in [0.717, 1.165) is 6.07 Å². The molecule has 0 atom stereocenters. The van der Waals surface area contributed by atoms with Gasteiger partial charge in [0.1, 0.15) is 4.90 Å². The number of nitrogens with one attached hydrogen (secondary N) is 2. The molecular formula is C14H8ClFN4O3S. The van der Waals surface area contributed by atoms with E-state index in [1.165, 1.54) is 12.3 Å². The van der Waals surface area contributed by atoms with Gasteiger partial charge < -0.3 is 4.98 Å². The van der Waals surface area contributed by atoms with Crippen molar-refractivity contribution in [2.75, 3.05) is 4.72 Å². The van der Waals surface area contributed by atoms with E-state index in [-0.39, 0.29) is 21.6 Å². The zero-order chi connectivity index (χ0) is 16.9. The first-order valence-corrected chi connectivity index (χ1v) is 8.52. The van der Waals surface area contributed by atoms with Gasteiger partial charge in [-0.2, -0.15) is 0 Å². The average Bonchev–Trinajstić information content (AvgIpc) is 3.17. The second-order valence-electron chi connectivity index (χ2n) is 5.00. The van der Waals surface area contributed by atoms with Crippen LogP contribution in [0.25, 0.3) is 21.9 Å². The Morgan fingerprint density at radius 2 is 1.96 bits per heavy atom. The van der Waals surface area contributed by atoms with Crippen LogP contribution < -0.4 is 4.72 Å². The lowest BCUT2D eigenvalue weighted by Crippen LogP contribution is -2.13. The van der Waals surface area contributed by atoms with Gasteiger partial charge in [0.25, 0.3) is 10.0 Å². The van der Waals surface area contributed by atoms with Crippen LogP contribution in [0.5, 0.6) is 0 Å². The standard InChI is InChI=1S/C14H8ClFN4O3S/c15-7-1-2-8-11(5-7)17-6-12(8)24(21,22)20-10-4-3-9(16)13-14(10)19-23-18-13/h1-6,17,20H. The third-order valence-corrected chi connectivity index (χ3v) is 5.15. The maximum atomic E-state index is 13.6. The highest BCUT2D eigenvalue weighted by atomic mass is 35.5. The van der Waals surface area contributed by atoms with Gasteiger partial charge in [0.05, 0.1) is 5.69 Å². The number of aromatic amines is 1. The van der Waals surface area contributed by atoms with Crippen molar-refractivity contribution in [1.82, 2.24) is 15.3 Å². The Kier molecular flexibility index (Phi) is 3.22. The van der Waals surface area contributed by atoms with Crippen molar-refractivity contribution in [3.63, 3.8) is 0 Å². The van der Waals surface area contributed by atoms with E-state index in [1.54, 1.807) is 18.2 Å². The molecule has 0 fully saturated rings. The number of halogens is 2. The van der Waals surface area contributed by atoms with Crippen molar-refractivity contribution < 1.29 is 17.4 Å². The van der Waals surface area contributed by atoms with Crippen molar-refractivity contribution in [3.8, 4) is 0 Å². The van der Waals surface area contributed by atoms with Crippen molar-refractivity contribution in [1.29, 1.82) is 0 Å². The summed E-state index contributed by atoms with van der Waals surface area (Å²) < 4.78 is 45.8. The Bertz CT molecular complexity index is 1190. The van der Waals surface area contributed by atoms with Gasteiger partial charge in [-0.15, -0.1) is 0 Å². The van der Waals surface area contributed by atoms with Crippen molar-refractivity contribution in [2.24, 2.45) is 0 Å². The Labute approximate surface area is 139 Å². The Morgan fingerprint density at radius 1 is 1.17 bits per heavy atom. The summed E-state index contributed by atoms with van der Waals surface area (Å²) in [6.45, 7) is 0. The normalized spacial score (nSPS) is 12.1. The maximum absolute atomic E-state index is 13.6. The predicted molar refractivity (Wildman–Crippen MR) is 85.9 cm³/mol. The van der Waals surface area contributed by atoms with Crippen LogP contribution in [0.1, 0.15) is 0 Å². The van der Waals surface area contributed by atoms with Gasteiger partial charge in [-0.3, -0.25) is 4.72 Å².